The molecule has 3 aromatic heterocycles. The van der Waals surface area contributed by atoms with E-state index in [1.54, 1.807) is 18.3 Å². The van der Waals surface area contributed by atoms with Crippen molar-refractivity contribution in [3.8, 4) is 22.5 Å². The van der Waals surface area contributed by atoms with Gasteiger partial charge in [-0.15, -0.1) is 0 Å². The molecule has 35 heavy (non-hydrogen) atoms. The summed E-state index contributed by atoms with van der Waals surface area (Å²) in [6, 6.07) is 28.7. The molecule has 0 N–H and O–H groups in total. The Morgan fingerprint density at radius 1 is 0.743 bits per heavy atom. The normalized spacial score (nSPS) is 11.1. The highest BCUT2D eigenvalue weighted by Gasteiger charge is 2.21. The Kier molecular flexibility index (Phi) is 4.96. The number of carbonyl (C=O) groups is 2. The highest BCUT2D eigenvalue weighted by molar-refractivity contribution is 6.04. The minimum atomic E-state index is -0.378. The molecule has 3 heterocycles. The first-order valence-electron chi connectivity index (χ1n) is 11.1. The van der Waals surface area contributed by atoms with Crippen LogP contribution in [0, 0.1) is 0 Å². The van der Waals surface area contributed by atoms with Crippen LogP contribution in [0.2, 0.25) is 0 Å². The molecule has 0 unspecified atom stereocenters. The van der Waals surface area contributed by atoms with E-state index in [4.69, 9.17) is 4.98 Å². The van der Waals surface area contributed by atoms with Gasteiger partial charge in [0.1, 0.15) is 5.69 Å². The lowest BCUT2D eigenvalue weighted by Gasteiger charge is -2.10. The third kappa shape index (κ3) is 3.67. The van der Waals surface area contributed by atoms with Gasteiger partial charge in [0.15, 0.2) is 11.9 Å². The first kappa shape index (κ1) is 20.6. The summed E-state index contributed by atoms with van der Waals surface area (Å²) >= 11 is 0. The van der Waals surface area contributed by atoms with Gasteiger partial charge in [-0.2, -0.15) is 5.10 Å². The Hall–Kier alpha value is -4.97. The van der Waals surface area contributed by atoms with Crippen molar-refractivity contribution in [3.05, 3.63) is 115 Å². The Bertz CT molecular complexity index is 1740. The van der Waals surface area contributed by atoms with Crippen molar-refractivity contribution in [1.29, 1.82) is 0 Å². The maximum atomic E-state index is 13.7. The second kappa shape index (κ2) is 8.43. The number of pyridine rings is 2. The molecule has 6 rings (SSSR count). The monoisotopic (exact) mass is 454 g/mol. The quantitative estimate of drug-likeness (QED) is 0.314. The van der Waals surface area contributed by atoms with Crippen LogP contribution >= 0.6 is 0 Å². The van der Waals surface area contributed by atoms with Crippen molar-refractivity contribution in [1.82, 2.24) is 19.7 Å². The van der Waals surface area contributed by atoms with Gasteiger partial charge in [0, 0.05) is 28.9 Å². The number of hydrogen-bond donors (Lipinski definition) is 0. The first-order chi connectivity index (χ1) is 17.2. The van der Waals surface area contributed by atoms with Crippen molar-refractivity contribution in [2.45, 2.75) is 0 Å². The van der Waals surface area contributed by atoms with E-state index >= 15 is 0 Å². The zero-order chi connectivity index (χ0) is 23.8. The maximum absolute atomic E-state index is 13.7. The van der Waals surface area contributed by atoms with E-state index in [0.29, 0.717) is 28.2 Å². The summed E-state index contributed by atoms with van der Waals surface area (Å²) in [6.07, 6.45) is 3.87. The Balaban J connectivity index is 1.50. The fourth-order valence-corrected chi connectivity index (χ4v) is 4.25. The molecule has 0 fully saturated rings. The average molecular weight is 454 g/mol. The van der Waals surface area contributed by atoms with E-state index in [1.165, 1.54) is 10.9 Å². The van der Waals surface area contributed by atoms with Gasteiger partial charge in [-0.05, 0) is 35.0 Å². The smallest absolute Gasteiger partial charge is 0.280 e. The van der Waals surface area contributed by atoms with Crippen LogP contribution in [0.4, 0.5) is 0 Å². The SMILES string of the molecule is O=Cc1cn(C(=O)c2cc3cccnc3nc2-c2ccccc2)nc1-c1ccc2ccccc2c1. The number of benzene rings is 3. The highest BCUT2D eigenvalue weighted by atomic mass is 16.2. The number of aldehydes is 1. The lowest BCUT2D eigenvalue weighted by atomic mass is 10.0. The van der Waals surface area contributed by atoms with Gasteiger partial charge in [-0.3, -0.25) is 9.59 Å². The van der Waals surface area contributed by atoms with Crippen LogP contribution in [0.3, 0.4) is 0 Å². The second-order valence-electron chi connectivity index (χ2n) is 8.16. The third-order valence-electron chi connectivity index (χ3n) is 5.97. The number of aromatic nitrogens is 4. The van der Waals surface area contributed by atoms with Crippen LogP contribution in [-0.4, -0.2) is 31.9 Å². The van der Waals surface area contributed by atoms with E-state index in [-0.39, 0.29) is 5.91 Å². The molecule has 6 nitrogen and oxygen atoms in total. The Morgan fingerprint density at radius 2 is 1.51 bits per heavy atom. The van der Waals surface area contributed by atoms with Crippen molar-refractivity contribution in [3.63, 3.8) is 0 Å². The standard InChI is InChI=1S/C29H18N4O2/c34-18-24-17-33(32-26(24)22-13-12-19-7-4-5-10-21(19)15-22)29(35)25-16-23-11-6-14-30-28(23)31-27(25)20-8-2-1-3-9-20/h1-18H. The zero-order valence-electron chi connectivity index (χ0n) is 18.5. The molecule has 3 aromatic carbocycles. The van der Waals surface area contributed by atoms with Crippen LogP contribution in [-0.2, 0) is 0 Å². The van der Waals surface area contributed by atoms with E-state index in [9.17, 15) is 9.59 Å². The van der Waals surface area contributed by atoms with Gasteiger partial charge >= 0.3 is 0 Å². The Morgan fingerprint density at radius 3 is 2.34 bits per heavy atom. The van der Waals surface area contributed by atoms with Crippen LogP contribution in [0.25, 0.3) is 44.3 Å². The molecule has 0 spiro atoms. The lowest BCUT2D eigenvalue weighted by molar-refractivity contribution is 0.0946. The molecule has 166 valence electrons. The van der Waals surface area contributed by atoms with Gasteiger partial charge in [-0.1, -0.05) is 66.7 Å². The zero-order valence-corrected chi connectivity index (χ0v) is 18.5. The molecule has 0 bridgehead atoms. The summed E-state index contributed by atoms with van der Waals surface area (Å²) in [7, 11) is 0. The highest BCUT2D eigenvalue weighted by Crippen LogP contribution is 2.28. The first-order valence-corrected chi connectivity index (χ1v) is 11.1. The average Bonchev–Trinajstić information content (AvgIpc) is 3.37. The predicted octanol–water partition coefficient (Wildman–Crippen LogP) is 5.81. The van der Waals surface area contributed by atoms with Crippen molar-refractivity contribution < 1.29 is 9.59 Å². The number of fused-ring (bicyclic) bond motifs is 2. The van der Waals surface area contributed by atoms with Gasteiger partial charge in [0.05, 0.1) is 16.8 Å². The summed E-state index contributed by atoms with van der Waals surface area (Å²) in [5.74, 6) is -0.378. The number of rotatable bonds is 4. The van der Waals surface area contributed by atoms with Gasteiger partial charge in [0.2, 0.25) is 0 Å². The minimum absolute atomic E-state index is 0.338. The van der Waals surface area contributed by atoms with Crippen molar-refractivity contribution >= 4 is 34.0 Å². The lowest BCUT2D eigenvalue weighted by Crippen LogP contribution is -2.15. The second-order valence-corrected chi connectivity index (χ2v) is 8.16. The molecule has 0 radical (unpaired) electrons. The molecule has 0 atom stereocenters. The summed E-state index contributed by atoms with van der Waals surface area (Å²) < 4.78 is 1.22. The van der Waals surface area contributed by atoms with E-state index in [2.05, 4.69) is 10.1 Å². The largest absolute Gasteiger partial charge is 0.298 e. The summed E-state index contributed by atoms with van der Waals surface area (Å²) in [6.45, 7) is 0. The molecule has 0 aliphatic heterocycles. The summed E-state index contributed by atoms with van der Waals surface area (Å²) in [5.41, 5.74) is 3.79. The maximum Gasteiger partial charge on any atom is 0.280 e. The Labute approximate surface area is 200 Å². The molecule has 0 aliphatic rings. The van der Waals surface area contributed by atoms with E-state index < -0.39 is 0 Å². The predicted molar refractivity (Wildman–Crippen MR) is 135 cm³/mol. The fourth-order valence-electron chi connectivity index (χ4n) is 4.25. The van der Waals surface area contributed by atoms with Crippen molar-refractivity contribution in [2.75, 3.05) is 0 Å². The van der Waals surface area contributed by atoms with Gasteiger partial charge < -0.3 is 0 Å². The molecule has 0 saturated heterocycles. The van der Waals surface area contributed by atoms with Gasteiger partial charge in [-0.25, -0.2) is 14.6 Å². The minimum Gasteiger partial charge on any atom is -0.298 e. The molecular weight excluding hydrogens is 436 g/mol. The number of hydrogen-bond acceptors (Lipinski definition) is 5. The van der Waals surface area contributed by atoms with Crippen LogP contribution in [0.1, 0.15) is 20.7 Å². The molecule has 0 aliphatic carbocycles. The summed E-state index contributed by atoms with van der Waals surface area (Å²) in [5, 5.41) is 7.40. The summed E-state index contributed by atoms with van der Waals surface area (Å²) in [4.78, 5) is 34.7. The molecular formula is C29H18N4O2. The van der Waals surface area contributed by atoms with E-state index in [0.717, 1.165) is 33.6 Å². The van der Waals surface area contributed by atoms with Crippen LogP contribution in [0.15, 0.2) is 103 Å². The molecule has 6 aromatic rings. The van der Waals surface area contributed by atoms with E-state index in [1.807, 2.05) is 78.9 Å². The van der Waals surface area contributed by atoms with Crippen molar-refractivity contribution in [2.24, 2.45) is 0 Å². The molecule has 0 saturated carbocycles. The molecule has 6 heteroatoms. The van der Waals surface area contributed by atoms with Crippen LogP contribution < -0.4 is 0 Å². The third-order valence-corrected chi connectivity index (χ3v) is 5.97. The topological polar surface area (TPSA) is 77.7 Å². The number of nitrogens with zero attached hydrogens (tertiary/aromatic N) is 4. The van der Waals surface area contributed by atoms with Crippen LogP contribution in [0.5, 0.6) is 0 Å². The fraction of sp³-hybridized carbons (Fsp3) is 0. The molecule has 0 amide bonds. The van der Waals surface area contributed by atoms with Gasteiger partial charge in [0.25, 0.3) is 5.91 Å². The number of carbonyl (C=O) groups excluding carboxylic acids is 2.